The molecule has 25 heavy (non-hydrogen) atoms. The molecular weight excluding hydrogens is 356 g/mol. The third kappa shape index (κ3) is 4.18. The van der Waals surface area contributed by atoms with E-state index in [-0.39, 0.29) is 5.91 Å². The van der Waals surface area contributed by atoms with Crippen LogP contribution in [-0.4, -0.2) is 17.0 Å². The number of ether oxygens (including phenoxy) is 1. The molecule has 0 aliphatic carbocycles. The lowest BCUT2D eigenvalue weighted by molar-refractivity contribution is -0.123. The number of carbonyl (C=O) groups excluding carboxylic acids is 1. The van der Waals surface area contributed by atoms with Crippen LogP contribution in [0.2, 0.25) is 5.02 Å². The minimum absolute atomic E-state index is 0.194. The second-order valence-corrected chi connectivity index (χ2v) is 6.77. The molecule has 0 bridgehead atoms. The highest BCUT2D eigenvalue weighted by Gasteiger charge is 2.27. The molecule has 1 atom stereocenters. The summed E-state index contributed by atoms with van der Waals surface area (Å²) in [6.07, 6.45) is -0.692. The van der Waals surface area contributed by atoms with Gasteiger partial charge in [0.25, 0.3) is 5.91 Å². The van der Waals surface area contributed by atoms with Crippen LogP contribution in [0.25, 0.3) is 0 Å². The first-order valence-corrected chi connectivity index (χ1v) is 9.04. The lowest BCUT2D eigenvalue weighted by Crippen LogP contribution is -2.37. The number of nitrogens with zero attached hydrogens (tertiary/aromatic N) is 2. The molecule has 0 N–H and O–H groups in total. The van der Waals surface area contributed by atoms with E-state index in [0.29, 0.717) is 15.9 Å². The minimum atomic E-state index is -0.692. The maximum atomic E-state index is 13.1. The predicted molar refractivity (Wildman–Crippen MR) is 102 cm³/mol. The standard InChI is InChI=1S/C19H17ClN2O2S/c1-13-12-25-19(21-13)22(16-8-4-3-5-9-16)18(23)14(2)24-17-10-6-7-15(20)11-17/h3-12,14H,1-2H3/t14-/m0/s1. The lowest BCUT2D eigenvalue weighted by atomic mass is 10.2. The number of aromatic nitrogens is 1. The Morgan fingerprint density at radius 3 is 2.60 bits per heavy atom. The number of aryl methyl sites for hydroxylation is 1. The van der Waals surface area contributed by atoms with Crippen molar-refractivity contribution in [3.63, 3.8) is 0 Å². The molecule has 128 valence electrons. The van der Waals surface area contributed by atoms with Crippen LogP contribution in [0, 0.1) is 6.92 Å². The fraction of sp³-hybridized carbons (Fsp3) is 0.158. The summed E-state index contributed by atoms with van der Waals surface area (Å²) < 4.78 is 5.79. The molecule has 0 saturated carbocycles. The van der Waals surface area contributed by atoms with Crippen molar-refractivity contribution in [1.82, 2.24) is 4.98 Å². The maximum absolute atomic E-state index is 13.1. The number of halogens is 1. The van der Waals surface area contributed by atoms with E-state index in [2.05, 4.69) is 4.98 Å². The van der Waals surface area contributed by atoms with E-state index in [0.717, 1.165) is 11.4 Å². The van der Waals surface area contributed by atoms with Gasteiger partial charge >= 0.3 is 0 Å². The number of para-hydroxylation sites is 1. The van der Waals surface area contributed by atoms with Crippen molar-refractivity contribution in [2.45, 2.75) is 20.0 Å². The zero-order valence-electron chi connectivity index (χ0n) is 13.8. The van der Waals surface area contributed by atoms with E-state index in [9.17, 15) is 4.79 Å². The molecule has 1 aromatic heterocycles. The van der Waals surface area contributed by atoms with Crippen molar-refractivity contribution in [2.75, 3.05) is 4.90 Å². The largest absolute Gasteiger partial charge is 0.481 e. The minimum Gasteiger partial charge on any atom is -0.481 e. The fourth-order valence-corrected chi connectivity index (χ4v) is 3.34. The highest BCUT2D eigenvalue weighted by molar-refractivity contribution is 7.14. The van der Waals surface area contributed by atoms with Gasteiger partial charge in [0.05, 0.1) is 11.4 Å². The first kappa shape index (κ1) is 17.5. The van der Waals surface area contributed by atoms with Crippen molar-refractivity contribution < 1.29 is 9.53 Å². The quantitative estimate of drug-likeness (QED) is 0.615. The van der Waals surface area contributed by atoms with Gasteiger partial charge in [-0.3, -0.25) is 9.69 Å². The first-order valence-electron chi connectivity index (χ1n) is 7.78. The van der Waals surface area contributed by atoms with Crippen molar-refractivity contribution >= 4 is 39.7 Å². The van der Waals surface area contributed by atoms with Crippen LogP contribution in [0.3, 0.4) is 0 Å². The van der Waals surface area contributed by atoms with Gasteiger partial charge in [0.15, 0.2) is 11.2 Å². The van der Waals surface area contributed by atoms with Crippen LogP contribution in [0.15, 0.2) is 60.0 Å². The van der Waals surface area contributed by atoms with Gasteiger partial charge in [0.2, 0.25) is 0 Å². The van der Waals surface area contributed by atoms with Gasteiger partial charge in [-0.15, -0.1) is 11.3 Å². The molecule has 0 aliphatic rings. The van der Waals surface area contributed by atoms with Gasteiger partial charge in [-0.1, -0.05) is 35.9 Å². The second-order valence-electron chi connectivity index (χ2n) is 5.50. The van der Waals surface area contributed by atoms with Gasteiger partial charge in [0.1, 0.15) is 5.75 Å². The highest BCUT2D eigenvalue weighted by atomic mass is 35.5. The summed E-state index contributed by atoms with van der Waals surface area (Å²) in [6.45, 7) is 3.62. The Kier molecular flexibility index (Phi) is 5.36. The van der Waals surface area contributed by atoms with E-state index in [4.69, 9.17) is 16.3 Å². The summed E-state index contributed by atoms with van der Waals surface area (Å²) in [7, 11) is 0. The number of rotatable bonds is 5. The summed E-state index contributed by atoms with van der Waals surface area (Å²) in [5, 5.41) is 3.10. The van der Waals surface area contributed by atoms with Gasteiger partial charge in [-0.25, -0.2) is 4.98 Å². The summed E-state index contributed by atoms with van der Waals surface area (Å²) in [5.74, 6) is 0.359. The summed E-state index contributed by atoms with van der Waals surface area (Å²) in [4.78, 5) is 19.1. The molecule has 3 aromatic rings. The average Bonchev–Trinajstić information content (AvgIpc) is 3.02. The predicted octanol–water partition coefficient (Wildman–Crippen LogP) is 5.24. The smallest absolute Gasteiger partial charge is 0.274 e. The molecule has 3 rings (SSSR count). The van der Waals surface area contributed by atoms with E-state index in [1.165, 1.54) is 11.3 Å². The van der Waals surface area contributed by atoms with Crippen LogP contribution in [0.5, 0.6) is 5.75 Å². The third-order valence-electron chi connectivity index (χ3n) is 3.49. The first-order chi connectivity index (χ1) is 12.0. The second kappa shape index (κ2) is 7.68. The van der Waals surface area contributed by atoms with Crippen molar-refractivity contribution in [3.05, 3.63) is 70.7 Å². The number of hydrogen-bond acceptors (Lipinski definition) is 4. The normalized spacial score (nSPS) is 11.8. The monoisotopic (exact) mass is 372 g/mol. The van der Waals surface area contributed by atoms with Crippen molar-refractivity contribution in [1.29, 1.82) is 0 Å². The van der Waals surface area contributed by atoms with Gasteiger partial charge < -0.3 is 4.74 Å². The van der Waals surface area contributed by atoms with E-state index in [1.807, 2.05) is 42.6 Å². The Morgan fingerprint density at radius 2 is 1.96 bits per heavy atom. The Morgan fingerprint density at radius 1 is 1.20 bits per heavy atom. The fourth-order valence-electron chi connectivity index (χ4n) is 2.33. The molecule has 6 heteroatoms. The molecule has 0 saturated heterocycles. The molecule has 1 heterocycles. The van der Waals surface area contributed by atoms with Gasteiger partial charge in [-0.2, -0.15) is 0 Å². The van der Waals surface area contributed by atoms with Crippen molar-refractivity contribution in [2.24, 2.45) is 0 Å². The lowest BCUT2D eigenvalue weighted by Gasteiger charge is -2.24. The Hall–Kier alpha value is -2.37. The van der Waals surface area contributed by atoms with Crippen molar-refractivity contribution in [3.8, 4) is 5.75 Å². The number of carbonyl (C=O) groups is 1. The number of thiazole rings is 1. The molecule has 4 nitrogen and oxygen atoms in total. The highest BCUT2D eigenvalue weighted by Crippen LogP contribution is 2.30. The molecular formula is C19H17ClN2O2S. The number of benzene rings is 2. The average molecular weight is 373 g/mol. The molecule has 0 aliphatic heterocycles. The maximum Gasteiger partial charge on any atom is 0.274 e. The number of hydrogen-bond donors (Lipinski definition) is 0. The number of amides is 1. The molecule has 0 spiro atoms. The van der Waals surface area contributed by atoms with Gasteiger partial charge in [0, 0.05) is 10.4 Å². The summed E-state index contributed by atoms with van der Waals surface area (Å²) in [6, 6.07) is 16.4. The van der Waals surface area contributed by atoms with Gasteiger partial charge in [-0.05, 0) is 44.2 Å². The van der Waals surface area contributed by atoms with Crippen LogP contribution >= 0.6 is 22.9 Å². The SMILES string of the molecule is Cc1csc(N(C(=O)[C@H](C)Oc2cccc(Cl)c2)c2ccccc2)n1. The Balaban J connectivity index is 1.88. The Bertz CT molecular complexity index is 867. The van der Waals surface area contributed by atoms with Crippen LogP contribution in [0.4, 0.5) is 10.8 Å². The molecule has 0 unspecified atom stereocenters. The summed E-state index contributed by atoms with van der Waals surface area (Å²) >= 11 is 7.41. The molecule has 2 aromatic carbocycles. The number of anilines is 2. The summed E-state index contributed by atoms with van der Waals surface area (Å²) in [5.41, 5.74) is 1.63. The third-order valence-corrected chi connectivity index (χ3v) is 4.67. The van der Waals surface area contributed by atoms with E-state index in [1.54, 1.807) is 36.1 Å². The van der Waals surface area contributed by atoms with Crippen LogP contribution < -0.4 is 9.64 Å². The van der Waals surface area contributed by atoms with E-state index >= 15 is 0 Å². The molecule has 1 amide bonds. The molecule has 0 radical (unpaired) electrons. The zero-order chi connectivity index (χ0) is 17.8. The molecule has 0 fully saturated rings. The zero-order valence-corrected chi connectivity index (χ0v) is 15.4. The van der Waals surface area contributed by atoms with Crippen LogP contribution in [0.1, 0.15) is 12.6 Å². The van der Waals surface area contributed by atoms with E-state index < -0.39 is 6.10 Å². The topological polar surface area (TPSA) is 42.4 Å². The Labute approximate surface area is 155 Å². The van der Waals surface area contributed by atoms with Crippen LogP contribution in [-0.2, 0) is 4.79 Å².